The van der Waals surface area contributed by atoms with Gasteiger partial charge < -0.3 is 10.2 Å². The van der Waals surface area contributed by atoms with Crippen LogP contribution in [0.5, 0.6) is 0 Å². The fourth-order valence-corrected chi connectivity index (χ4v) is 3.40. The van der Waals surface area contributed by atoms with Crippen molar-refractivity contribution < 1.29 is 4.79 Å². The summed E-state index contributed by atoms with van der Waals surface area (Å²) in [5.74, 6) is 0.567. The zero-order valence-electron chi connectivity index (χ0n) is 14.6. The molecular weight excluding hydrogens is 336 g/mol. The van der Waals surface area contributed by atoms with Crippen molar-refractivity contribution >= 4 is 29.0 Å². The van der Waals surface area contributed by atoms with Crippen molar-refractivity contribution in [1.82, 2.24) is 14.9 Å². The van der Waals surface area contributed by atoms with Crippen molar-refractivity contribution in [3.8, 4) is 0 Å². The number of nitrogens with one attached hydrogen (secondary N) is 1. The number of hydrogen-bond acceptors (Lipinski definition) is 4. The largest absolute Gasteiger partial charge is 0.339 e. The van der Waals surface area contributed by atoms with Crippen molar-refractivity contribution in [2.45, 2.75) is 45.6 Å². The molecule has 2 heterocycles. The normalized spacial score (nSPS) is 17.4. The van der Waals surface area contributed by atoms with E-state index in [0.29, 0.717) is 22.6 Å². The van der Waals surface area contributed by atoms with Gasteiger partial charge in [0.05, 0.1) is 12.4 Å². The van der Waals surface area contributed by atoms with Crippen molar-refractivity contribution in [2.75, 3.05) is 11.9 Å². The van der Waals surface area contributed by atoms with Crippen LogP contribution in [-0.2, 0) is 0 Å². The summed E-state index contributed by atoms with van der Waals surface area (Å²) in [6.07, 6.45) is 7.44. The van der Waals surface area contributed by atoms with Gasteiger partial charge in [-0.1, -0.05) is 24.6 Å². The minimum atomic E-state index is -0.0236. The average Bonchev–Trinajstić information content (AvgIpc) is 2.65. The Morgan fingerprint density at radius 1 is 1.32 bits per heavy atom. The highest BCUT2D eigenvalue weighted by Gasteiger charge is 2.27. The lowest BCUT2D eigenvalue weighted by Crippen LogP contribution is -2.43. The Morgan fingerprint density at radius 3 is 2.88 bits per heavy atom. The first kappa shape index (κ1) is 17.7. The van der Waals surface area contributed by atoms with Gasteiger partial charge >= 0.3 is 0 Å². The molecule has 1 unspecified atom stereocenters. The molecule has 5 nitrogen and oxygen atoms in total. The first-order valence-corrected chi connectivity index (χ1v) is 9.13. The van der Waals surface area contributed by atoms with Gasteiger partial charge in [-0.05, 0) is 50.3 Å². The summed E-state index contributed by atoms with van der Waals surface area (Å²) in [4.78, 5) is 23.3. The van der Waals surface area contributed by atoms with E-state index in [4.69, 9.17) is 11.6 Å². The van der Waals surface area contributed by atoms with E-state index >= 15 is 0 Å². The molecule has 0 aliphatic carbocycles. The molecule has 132 valence electrons. The van der Waals surface area contributed by atoms with Crippen LogP contribution in [-0.4, -0.2) is 33.4 Å². The van der Waals surface area contributed by atoms with Crippen molar-refractivity contribution in [2.24, 2.45) is 0 Å². The molecule has 1 saturated heterocycles. The number of piperidine rings is 1. The Labute approximate surface area is 153 Å². The number of carbonyl (C=O) groups excluding carboxylic acids is 1. The molecule has 1 aromatic heterocycles. The van der Waals surface area contributed by atoms with Crippen LogP contribution in [0.4, 0.5) is 11.5 Å². The lowest BCUT2D eigenvalue weighted by atomic mass is 10.00. The van der Waals surface area contributed by atoms with Crippen LogP contribution >= 0.6 is 11.6 Å². The van der Waals surface area contributed by atoms with Gasteiger partial charge in [-0.15, -0.1) is 0 Å². The topological polar surface area (TPSA) is 58.1 Å². The number of anilines is 2. The number of nitrogens with zero attached hydrogens (tertiary/aromatic N) is 3. The van der Waals surface area contributed by atoms with Crippen LogP contribution in [0.25, 0.3) is 0 Å². The Bertz CT molecular complexity index is 748. The number of halogens is 1. The lowest BCUT2D eigenvalue weighted by Gasteiger charge is -2.34. The van der Waals surface area contributed by atoms with E-state index in [1.165, 1.54) is 6.42 Å². The standard InChI is InChI=1S/C19H23ClN4O/c1-3-14-7-4-5-10-24(14)19(25)17-11-22-18(12-21-17)23-16-9-6-8-15(20)13(16)2/h6,8-9,11-12,14H,3-5,7,10H2,1-2H3,(H,22,23). The van der Waals surface area contributed by atoms with Crippen LogP contribution in [0.2, 0.25) is 5.02 Å². The summed E-state index contributed by atoms with van der Waals surface area (Å²) in [5, 5.41) is 3.89. The molecule has 3 rings (SSSR count). The van der Waals surface area contributed by atoms with E-state index in [2.05, 4.69) is 22.2 Å². The Morgan fingerprint density at radius 2 is 2.16 bits per heavy atom. The van der Waals surface area contributed by atoms with Crippen LogP contribution in [0, 0.1) is 6.92 Å². The second kappa shape index (κ2) is 7.83. The first-order chi connectivity index (χ1) is 12.1. The maximum Gasteiger partial charge on any atom is 0.274 e. The van der Waals surface area contributed by atoms with E-state index < -0.39 is 0 Å². The molecule has 0 saturated carbocycles. The smallest absolute Gasteiger partial charge is 0.274 e. The molecule has 1 atom stereocenters. The van der Waals surface area contributed by atoms with Gasteiger partial charge in [-0.3, -0.25) is 4.79 Å². The molecule has 0 radical (unpaired) electrons. The Balaban J connectivity index is 1.73. The molecule has 0 bridgehead atoms. The van der Waals surface area contributed by atoms with Crippen LogP contribution < -0.4 is 5.32 Å². The van der Waals surface area contributed by atoms with Crippen LogP contribution in [0.1, 0.15) is 48.7 Å². The SMILES string of the molecule is CCC1CCCCN1C(=O)c1cnc(Nc2cccc(Cl)c2C)cn1. The predicted octanol–water partition coefficient (Wildman–Crippen LogP) is 4.59. The van der Waals surface area contributed by atoms with Gasteiger partial charge in [0.25, 0.3) is 5.91 Å². The van der Waals surface area contributed by atoms with E-state index in [-0.39, 0.29) is 5.91 Å². The maximum absolute atomic E-state index is 12.7. The molecule has 1 N–H and O–H groups in total. The highest BCUT2D eigenvalue weighted by atomic mass is 35.5. The van der Waals surface area contributed by atoms with Gasteiger partial charge in [0.2, 0.25) is 0 Å². The first-order valence-electron chi connectivity index (χ1n) is 8.75. The fraction of sp³-hybridized carbons (Fsp3) is 0.421. The average molecular weight is 359 g/mol. The number of likely N-dealkylation sites (tertiary alicyclic amines) is 1. The van der Waals surface area contributed by atoms with Gasteiger partial charge in [-0.2, -0.15) is 0 Å². The number of aromatic nitrogens is 2. The quantitative estimate of drug-likeness (QED) is 0.868. The van der Waals surface area contributed by atoms with E-state index in [9.17, 15) is 4.79 Å². The summed E-state index contributed by atoms with van der Waals surface area (Å²) in [6.45, 7) is 4.88. The highest BCUT2D eigenvalue weighted by Crippen LogP contribution is 2.25. The van der Waals surface area contributed by atoms with Gasteiger partial charge in [-0.25, -0.2) is 9.97 Å². The molecule has 1 aliphatic rings. The number of amides is 1. The third-order valence-electron chi connectivity index (χ3n) is 4.76. The molecule has 1 fully saturated rings. The molecule has 0 spiro atoms. The molecule has 1 amide bonds. The van der Waals surface area contributed by atoms with Crippen LogP contribution in [0.15, 0.2) is 30.6 Å². The zero-order chi connectivity index (χ0) is 17.8. The predicted molar refractivity (Wildman–Crippen MR) is 100 cm³/mol. The fourth-order valence-electron chi connectivity index (χ4n) is 3.22. The number of carbonyl (C=O) groups is 1. The molecular formula is C19H23ClN4O. The minimum Gasteiger partial charge on any atom is -0.339 e. The van der Waals surface area contributed by atoms with E-state index in [0.717, 1.165) is 37.1 Å². The second-order valence-corrected chi connectivity index (χ2v) is 6.79. The summed E-state index contributed by atoms with van der Waals surface area (Å²) in [5.41, 5.74) is 2.22. The number of benzene rings is 1. The maximum atomic E-state index is 12.7. The van der Waals surface area contributed by atoms with E-state index in [1.54, 1.807) is 12.4 Å². The van der Waals surface area contributed by atoms with Gasteiger partial charge in [0.1, 0.15) is 11.5 Å². The second-order valence-electron chi connectivity index (χ2n) is 6.38. The summed E-state index contributed by atoms with van der Waals surface area (Å²) in [7, 11) is 0. The van der Waals surface area contributed by atoms with Crippen LogP contribution in [0.3, 0.4) is 0 Å². The Kier molecular flexibility index (Phi) is 5.53. The highest BCUT2D eigenvalue weighted by molar-refractivity contribution is 6.31. The number of rotatable bonds is 4. The summed E-state index contributed by atoms with van der Waals surface area (Å²) >= 11 is 6.13. The number of hydrogen-bond donors (Lipinski definition) is 1. The molecule has 6 heteroatoms. The monoisotopic (exact) mass is 358 g/mol. The Hall–Kier alpha value is -2.14. The molecule has 1 aromatic carbocycles. The van der Waals surface area contributed by atoms with Gasteiger partial charge in [0.15, 0.2) is 0 Å². The minimum absolute atomic E-state index is 0.0236. The molecule has 2 aromatic rings. The third kappa shape index (κ3) is 3.93. The summed E-state index contributed by atoms with van der Waals surface area (Å²) < 4.78 is 0. The van der Waals surface area contributed by atoms with Crippen molar-refractivity contribution in [1.29, 1.82) is 0 Å². The lowest BCUT2D eigenvalue weighted by molar-refractivity contribution is 0.0601. The molecule has 1 aliphatic heterocycles. The summed E-state index contributed by atoms with van der Waals surface area (Å²) in [6, 6.07) is 5.97. The molecule has 25 heavy (non-hydrogen) atoms. The zero-order valence-corrected chi connectivity index (χ0v) is 15.4. The van der Waals surface area contributed by atoms with Crippen molar-refractivity contribution in [3.63, 3.8) is 0 Å². The van der Waals surface area contributed by atoms with Gasteiger partial charge in [0, 0.05) is 23.3 Å². The van der Waals surface area contributed by atoms with E-state index in [1.807, 2.05) is 30.0 Å². The van der Waals surface area contributed by atoms with Crippen molar-refractivity contribution in [3.05, 3.63) is 46.9 Å². The third-order valence-corrected chi connectivity index (χ3v) is 5.17.